The quantitative estimate of drug-likeness (QED) is 0.414. The predicted molar refractivity (Wildman–Crippen MR) is 121 cm³/mol. The van der Waals surface area contributed by atoms with Crippen molar-refractivity contribution in [1.29, 1.82) is 0 Å². The number of imidazole rings is 1. The van der Waals surface area contributed by atoms with Gasteiger partial charge in [-0.3, -0.25) is 14.6 Å². The lowest BCUT2D eigenvalue weighted by atomic mass is 9.88. The van der Waals surface area contributed by atoms with Crippen LogP contribution < -0.4 is 0 Å². The molecule has 3 heterocycles. The van der Waals surface area contributed by atoms with E-state index in [0.29, 0.717) is 21.9 Å². The Kier molecular flexibility index (Phi) is 4.96. The first-order valence-corrected chi connectivity index (χ1v) is 10.4. The minimum atomic E-state index is 0.389. The van der Waals surface area contributed by atoms with Crippen LogP contribution in [0.15, 0.2) is 61.2 Å². The monoisotopic (exact) mass is 427 g/mol. The number of allylic oxidation sites excluding steroid dienone is 1. The van der Waals surface area contributed by atoms with Crippen LogP contribution in [0.2, 0.25) is 5.02 Å². The van der Waals surface area contributed by atoms with Gasteiger partial charge < -0.3 is 4.40 Å². The Hall–Kier alpha value is -3.57. The molecule has 152 valence electrons. The molecule has 0 saturated heterocycles. The Balaban J connectivity index is 1.82. The zero-order valence-corrected chi connectivity index (χ0v) is 17.3. The smallest absolute Gasteiger partial charge is 0.170 e. The lowest BCUT2D eigenvalue weighted by molar-refractivity contribution is 0.111. The van der Waals surface area contributed by atoms with E-state index >= 15 is 0 Å². The van der Waals surface area contributed by atoms with Crippen molar-refractivity contribution < 1.29 is 9.59 Å². The normalized spacial score (nSPS) is 13.7. The molecule has 0 fully saturated rings. The Bertz CT molecular complexity index is 1370. The number of nitrogens with zero attached hydrogens (tertiary/aromatic N) is 3. The van der Waals surface area contributed by atoms with Gasteiger partial charge in [-0.15, -0.1) is 0 Å². The first-order valence-electron chi connectivity index (χ1n) is 10.0. The summed E-state index contributed by atoms with van der Waals surface area (Å²) in [6.45, 7) is 0. The molecule has 0 unspecified atom stereocenters. The number of aryl methyl sites for hydroxylation is 1. The van der Waals surface area contributed by atoms with Gasteiger partial charge in [0.05, 0.1) is 5.02 Å². The van der Waals surface area contributed by atoms with E-state index in [-0.39, 0.29) is 0 Å². The maximum absolute atomic E-state index is 11.4. The van der Waals surface area contributed by atoms with E-state index in [4.69, 9.17) is 11.6 Å². The second-order valence-corrected chi connectivity index (χ2v) is 7.97. The summed E-state index contributed by atoms with van der Waals surface area (Å²) in [5.74, 6) is 0. The summed E-state index contributed by atoms with van der Waals surface area (Å²) in [7, 11) is 0. The summed E-state index contributed by atoms with van der Waals surface area (Å²) in [4.78, 5) is 31.1. The molecule has 3 aromatic heterocycles. The summed E-state index contributed by atoms with van der Waals surface area (Å²) >= 11 is 6.56. The maximum atomic E-state index is 11.4. The highest BCUT2D eigenvalue weighted by atomic mass is 35.5. The molecule has 31 heavy (non-hydrogen) atoms. The Morgan fingerprint density at radius 2 is 1.90 bits per heavy atom. The number of fused-ring (bicyclic) bond motifs is 2. The molecule has 0 atom stereocenters. The topological polar surface area (TPSA) is 64.3 Å². The second-order valence-electron chi connectivity index (χ2n) is 7.56. The summed E-state index contributed by atoms with van der Waals surface area (Å²) < 4.78 is 1.83. The fourth-order valence-corrected chi connectivity index (χ4v) is 4.55. The number of carbonyl (C=O) groups excluding carboxylic acids is 2. The van der Waals surface area contributed by atoms with E-state index in [9.17, 15) is 9.59 Å². The van der Waals surface area contributed by atoms with Crippen LogP contribution in [0, 0.1) is 0 Å². The van der Waals surface area contributed by atoms with Crippen molar-refractivity contribution in [3.8, 4) is 0 Å². The van der Waals surface area contributed by atoms with Gasteiger partial charge in [0.25, 0.3) is 0 Å². The molecule has 5 rings (SSSR count). The van der Waals surface area contributed by atoms with Crippen LogP contribution in [0.25, 0.3) is 16.8 Å². The van der Waals surface area contributed by atoms with E-state index in [0.717, 1.165) is 65.2 Å². The van der Waals surface area contributed by atoms with Crippen LogP contribution in [0.1, 0.15) is 55.9 Å². The molecule has 1 aromatic carbocycles. The number of rotatable bonds is 4. The third-order valence-electron chi connectivity index (χ3n) is 5.70. The van der Waals surface area contributed by atoms with Crippen LogP contribution in [-0.2, 0) is 6.42 Å². The number of hydrogen-bond acceptors (Lipinski definition) is 4. The number of aromatic nitrogens is 3. The number of pyridine rings is 2. The van der Waals surface area contributed by atoms with Gasteiger partial charge in [-0.05, 0) is 76.9 Å². The molecule has 0 spiro atoms. The van der Waals surface area contributed by atoms with Crippen molar-refractivity contribution in [2.45, 2.75) is 19.3 Å². The highest BCUT2D eigenvalue weighted by molar-refractivity contribution is 6.32. The van der Waals surface area contributed by atoms with Crippen LogP contribution in [0.3, 0.4) is 0 Å². The van der Waals surface area contributed by atoms with Gasteiger partial charge >= 0.3 is 0 Å². The van der Waals surface area contributed by atoms with Crippen LogP contribution in [0.5, 0.6) is 0 Å². The fourth-order valence-electron chi connectivity index (χ4n) is 4.31. The van der Waals surface area contributed by atoms with Gasteiger partial charge in [-0.1, -0.05) is 23.7 Å². The Morgan fingerprint density at radius 3 is 2.71 bits per heavy atom. The number of aldehydes is 2. The average Bonchev–Trinajstić information content (AvgIpc) is 3.12. The van der Waals surface area contributed by atoms with Crippen LogP contribution >= 0.6 is 11.6 Å². The maximum Gasteiger partial charge on any atom is 0.170 e. The first kappa shape index (κ1) is 19.4. The molecular formula is C25H18ClN3O2. The van der Waals surface area contributed by atoms with Gasteiger partial charge in [0.2, 0.25) is 0 Å². The van der Waals surface area contributed by atoms with Gasteiger partial charge in [0.1, 0.15) is 17.6 Å². The standard InChI is InChI=1S/C25H18ClN3O2/c26-23-12-27-8-6-21(23)22-3-1-2-17-10-16(14-30)4-5-20(17)25(22)18-7-9-29-13-19(15-31)28-24(29)11-18/h4-15H,1-3H2. The van der Waals surface area contributed by atoms with Gasteiger partial charge in [0.15, 0.2) is 6.29 Å². The highest BCUT2D eigenvalue weighted by Gasteiger charge is 2.22. The third kappa shape index (κ3) is 3.47. The highest BCUT2D eigenvalue weighted by Crippen LogP contribution is 2.41. The second kappa shape index (κ2) is 7.93. The van der Waals surface area contributed by atoms with Crippen LogP contribution in [-0.4, -0.2) is 26.9 Å². The number of carbonyl (C=O) groups is 2. The molecule has 0 saturated carbocycles. The van der Waals surface area contributed by atoms with Crippen LogP contribution in [0.4, 0.5) is 0 Å². The first-order chi connectivity index (χ1) is 15.2. The van der Waals surface area contributed by atoms with Crippen molar-refractivity contribution in [2.75, 3.05) is 0 Å². The minimum absolute atomic E-state index is 0.389. The van der Waals surface area contributed by atoms with Crippen molar-refractivity contribution in [2.24, 2.45) is 0 Å². The predicted octanol–water partition coefficient (Wildman–Crippen LogP) is 5.30. The Morgan fingerprint density at radius 1 is 1.00 bits per heavy atom. The third-order valence-corrected chi connectivity index (χ3v) is 6.00. The summed E-state index contributed by atoms with van der Waals surface area (Å²) in [6.07, 6.45) is 11.3. The minimum Gasteiger partial charge on any atom is -0.306 e. The van der Waals surface area contributed by atoms with Gasteiger partial charge in [0, 0.05) is 30.4 Å². The largest absolute Gasteiger partial charge is 0.306 e. The Labute approximate surface area is 184 Å². The molecule has 0 N–H and O–H groups in total. The molecule has 1 aliphatic carbocycles. The zero-order valence-electron chi connectivity index (χ0n) is 16.6. The van der Waals surface area contributed by atoms with Crippen molar-refractivity contribution in [1.82, 2.24) is 14.4 Å². The van der Waals surface area contributed by atoms with E-state index in [1.165, 1.54) is 0 Å². The average molecular weight is 428 g/mol. The van der Waals surface area contributed by atoms with Gasteiger partial charge in [-0.25, -0.2) is 4.98 Å². The van der Waals surface area contributed by atoms with Crippen molar-refractivity contribution in [3.05, 3.63) is 99.7 Å². The van der Waals surface area contributed by atoms with Gasteiger partial charge in [-0.2, -0.15) is 0 Å². The molecule has 0 bridgehead atoms. The molecular weight excluding hydrogens is 410 g/mol. The summed E-state index contributed by atoms with van der Waals surface area (Å²) in [6, 6.07) is 11.8. The molecule has 1 aliphatic rings. The lowest BCUT2D eigenvalue weighted by Gasteiger charge is -2.17. The molecule has 0 aliphatic heterocycles. The van der Waals surface area contributed by atoms with Crippen molar-refractivity contribution >= 4 is 41.0 Å². The summed E-state index contributed by atoms with van der Waals surface area (Å²) in [5, 5.41) is 0.605. The lowest BCUT2D eigenvalue weighted by Crippen LogP contribution is -1.99. The van der Waals surface area contributed by atoms with Crippen molar-refractivity contribution in [3.63, 3.8) is 0 Å². The zero-order chi connectivity index (χ0) is 21.4. The van der Waals surface area contributed by atoms with E-state index in [1.54, 1.807) is 18.6 Å². The molecule has 4 aromatic rings. The number of hydrogen-bond donors (Lipinski definition) is 0. The molecule has 6 heteroatoms. The number of halogens is 1. The summed E-state index contributed by atoms with van der Waals surface area (Å²) in [5.41, 5.74) is 8.11. The number of benzene rings is 1. The van der Waals surface area contributed by atoms with E-state index in [1.807, 2.05) is 47.0 Å². The van der Waals surface area contributed by atoms with E-state index < -0.39 is 0 Å². The molecule has 0 radical (unpaired) electrons. The molecule has 5 nitrogen and oxygen atoms in total. The fraction of sp³-hybridized carbons (Fsp3) is 0.120. The van der Waals surface area contributed by atoms with E-state index in [2.05, 4.69) is 9.97 Å². The SMILES string of the molecule is O=Cc1ccc2c(c1)CCCC(c1ccncc1Cl)=C2c1ccn2cc(C=O)nc2c1. The molecule has 0 amide bonds.